The van der Waals surface area contributed by atoms with Crippen LogP contribution < -0.4 is 15.4 Å². The van der Waals surface area contributed by atoms with Crippen LogP contribution >= 0.6 is 0 Å². The topological polar surface area (TPSA) is 81.1 Å². The zero-order valence-electron chi connectivity index (χ0n) is 15.7. The number of rotatable bonds is 5. The van der Waals surface area contributed by atoms with Gasteiger partial charge in [-0.1, -0.05) is 42.5 Å². The number of nitrogens with zero attached hydrogens (tertiary/aromatic N) is 3. The van der Waals surface area contributed by atoms with E-state index in [-0.39, 0.29) is 11.9 Å². The average Bonchev–Trinajstić information content (AvgIpc) is 3.20. The number of fused-ring (bicyclic) bond motifs is 1. The quantitative estimate of drug-likeness (QED) is 0.717. The third-order valence-corrected chi connectivity index (χ3v) is 4.77. The van der Waals surface area contributed by atoms with Crippen molar-refractivity contribution in [1.82, 2.24) is 20.1 Å². The van der Waals surface area contributed by atoms with Gasteiger partial charge in [0, 0.05) is 12.2 Å². The van der Waals surface area contributed by atoms with Crippen molar-refractivity contribution < 1.29 is 9.53 Å². The number of methoxy groups -OCH3 is 1. The molecule has 0 fully saturated rings. The molecule has 1 aromatic heterocycles. The number of hydrogen-bond donors (Lipinski definition) is 2. The van der Waals surface area contributed by atoms with Crippen LogP contribution in [-0.4, -0.2) is 27.8 Å². The Bertz CT molecular complexity index is 1010. The summed E-state index contributed by atoms with van der Waals surface area (Å²) in [4.78, 5) is 17.4. The smallest absolute Gasteiger partial charge is 0.251 e. The molecule has 0 spiro atoms. The van der Waals surface area contributed by atoms with Crippen LogP contribution in [0.15, 0.2) is 72.2 Å². The van der Waals surface area contributed by atoms with Gasteiger partial charge in [-0.25, -0.2) is 4.68 Å². The van der Waals surface area contributed by atoms with Crippen LogP contribution in [0, 0.1) is 0 Å². The molecule has 4 rings (SSSR count). The third kappa shape index (κ3) is 3.34. The van der Waals surface area contributed by atoms with Crippen LogP contribution in [-0.2, 0) is 11.3 Å². The van der Waals surface area contributed by atoms with Crippen molar-refractivity contribution in [3.8, 4) is 5.75 Å². The van der Waals surface area contributed by atoms with Gasteiger partial charge in [-0.05, 0) is 30.2 Å². The molecule has 2 aromatic carbocycles. The summed E-state index contributed by atoms with van der Waals surface area (Å²) < 4.78 is 6.98. The van der Waals surface area contributed by atoms with Crippen molar-refractivity contribution in [2.75, 3.05) is 12.4 Å². The predicted octanol–water partition coefficient (Wildman–Crippen LogP) is 2.89. The second-order valence-corrected chi connectivity index (χ2v) is 6.54. The van der Waals surface area contributed by atoms with E-state index < -0.39 is 0 Å². The van der Waals surface area contributed by atoms with E-state index in [2.05, 4.69) is 20.7 Å². The number of nitrogens with one attached hydrogen (secondary N) is 2. The van der Waals surface area contributed by atoms with Crippen LogP contribution in [0.5, 0.6) is 5.75 Å². The number of hydrogen-bond acceptors (Lipinski definition) is 5. The monoisotopic (exact) mass is 375 g/mol. The number of carbonyl (C=O) groups excluding carboxylic acids is 1. The van der Waals surface area contributed by atoms with E-state index in [1.165, 1.54) is 6.33 Å². The molecule has 2 N–H and O–H groups in total. The number of carbonyl (C=O) groups is 1. The summed E-state index contributed by atoms with van der Waals surface area (Å²) in [5, 5.41) is 10.5. The zero-order chi connectivity index (χ0) is 19.5. The first kappa shape index (κ1) is 17.8. The minimum absolute atomic E-state index is 0.143. The Morgan fingerprint density at radius 2 is 1.93 bits per heavy atom. The van der Waals surface area contributed by atoms with Gasteiger partial charge in [0.25, 0.3) is 5.91 Å². The molecule has 0 aliphatic carbocycles. The molecule has 7 nitrogen and oxygen atoms in total. The highest BCUT2D eigenvalue weighted by atomic mass is 16.5. The number of amides is 1. The van der Waals surface area contributed by atoms with Gasteiger partial charge >= 0.3 is 0 Å². The molecular formula is C21H21N5O2. The molecule has 1 aliphatic rings. The third-order valence-electron chi connectivity index (χ3n) is 4.77. The maximum absolute atomic E-state index is 13.1. The first-order chi connectivity index (χ1) is 13.7. The van der Waals surface area contributed by atoms with Crippen molar-refractivity contribution in [2.45, 2.75) is 19.5 Å². The molecule has 1 aliphatic heterocycles. The first-order valence-corrected chi connectivity index (χ1v) is 9.00. The molecule has 1 atom stereocenters. The predicted molar refractivity (Wildman–Crippen MR) is 106 cm³/mol. The standard InChI is InChI=1S/C21H21N5O2/c1-14-18(20(27)22-12-15-6-4-3-5-7-15)19(26-21(25-14)23-13-24-26)16-8-10-17(28-2)11-9-16/h3-11,13,19H,12H2,1-2H3,(H,22,27)(H,23,24,25)/t19-/m0/s1. The number of benzene rings is 2. The summed E-state index contributed by atoms with van der Waals surface area (Å²) in [7, 11) is 1.63. The molecule has 0 radical (unpaired) electrons. The van der Waals surface area contributed by atoms with Crippen LogP contribution in [0.2, 0.25) is 0 Å². The second kappa shape index (κ2) is 7.56. The van der Waals surface area contributed by atoms with E-state index in [9.17, 15) is 4.79 Å². The Hall–Kier alpha value is -3.61. The van der Waals surface area contributed by atoms with Crippen molar-refractivity contribution in [3.05, 3.63) is 83.3 Å². The molecule has 0 unspecified atom stereocenters. The number of aromatic nitrogens is 3. The fourth-order valence-corrected chi connectivity index (χ4v) is 3.35. The van der Waals surface area contributed by atoms with E-state index in [0.717, 1.165) is 22.6 Å². The fraction of sp³-hybridized carbons (Fsp3) is 0.190. The lowest BCUT2D eigenvalue weighted by Crippen LogP contribution is -2.34. The lowest BCUT2D eigenvalue weighted by Gasteiger charge is -2.28. The summed E-state index contributed by atoms with van der Waals surface area (Å²) in [6, 6.07) is 17.1. The first-order valence-electron chi connectivity index (χ1n) is 9.00. The minimum atomic E-state index is -0.375. The van der Waals surface area contributed by atoms with Crippen LogP contribution in [0.4, 0.5) is 5.95 Å². The highest BCUT2D eigenvalue weighted by molar-refractivity contribution is 5.96. The van der Waals surface area contributed by atoms with Crippen molar-refractivity contribution in [2.24, 2.45) is 0 Å². The molecular weight excluding hydrogens is 354 g/mol. The van der Waals surface area contributed by atoms with Crippen LogP contribution in [0.1, 0.15) is 24.1 Å². The Labute approximate surface area is 163 Å². The number of anilines is 1. The van der Waals surface area contributed by atoms with Crippen LogP contribution in [0.3, 0.4) is 0 Å². The van der Waals surface area contributed by atoms with Crippen LogP contribution in [0.25, 0.3) is 0 Å². The maximum atomic E-state index is 13.1. The second-order valence-electron chi connectivity index (χ2n) is 6.54. The molecule has 0 saturated carbocycles. The molecule has 0 saturated heterocycles. The molecule has 3 aromatic rings. The largest absolute Gasteiger partial charge is 0.497 e. The summed E-state index contributed by atoms with van der Waals surface area (Å²) in [5.41, 5.74) is 3.34. The Morgan fingerprint density at radius 1 is 1.18 bits per heavy atom. The van der Waals surface area contributed by atoms with Gasteiger partial charge in [0.05, 0.1) is 12.7 Å². The highest BCUT2D eigenvalue weighted by Gasteiger charge is 2.33. The van der Waals surface area contributed by atoms with E-state index >= 15 is 0 Å². The lowest BCUT2D eigenvalue weighted by molar-refractivity contribution is -0.118. The van der Waals surface area contributed by atoms with Gasteiger partial charge in [-0.3, -0.25) is 4.79 Å². The summed E-state index contributed by atoms with van der Waals surface area (Å²) in [6.07, 6.45) is 1.48. The zero-order valence-corrected chi connectivity index (χ0v) is 15.7. The molecule has 7 heteroatoms. The SMILES string of the molecule is COc1ccc([C@H]2C(C(=O)NCc3ccccc3)=C(C)Nc3ncnn32)cc1. The van der Waals surface area contributed by atoms with Crippen molar-refractivity contribution >= 4 is 11.9 Å². The van der Waals surface area contributed by atoms with Crippen molar-refractivity contribution in [1.29, 1.82) is 0 Å². The number of ether oxygens (including phenoxy) is 1. The van der Waals surface area contributed by atoms with Gasteiger partial charge in [-0.15, -0.1) is 0 Å². The highest BCUT2D eigenvalue weighted by Crippen LogP contribution is 2.35. The Morgan fingerprint density at radius 3 is 2.64 bits per heavy atom. The number of allylic oxidation sites excluding steroid dienone is 1. The Balaban J connectivity index is 1.67. The maximum Gasteiger partial charge on any atom is 0.251 e. The lowest BCUT2D eigenvalue weighted by atomic mass is 9.95. The van der Waals surface area contributed by atoms with E-state index in [4.69, 9.17) is 4.74 Å². The minimum Gasteiger partial charge on any atom is -0.497 e. The summed E-state index contributed by atoms with van der Waals surface area (Å²) >= 11 is 0. The van der Waals surface area contributed by atoms with Gasteiger partial charge in [-0.2, -0.15) is 10.1 Å². The van der Waals surface area contributed by atoms with Gasteiger partial charge in [0.1, 0.15) is 18.1 Å². The molecule has 0 bridgehead atoms. The van der Waals surface area contributed by atoms with E-state index in [0.29, 0.717) is 18.1 Å². The average molecular weight is 375 g/mol. The molecule has 142 valence electrons. The normalized spacial score (nSPS) is 15.6. The molecule has 2 heterocycles. The fourth-order valence-electron chi connectivity index (χ4n) is 3.35. The van der Waals surface area contributed by atoms with Gasteiger partial charge in [0.15, 0.2) is 0 Å². The van der Waals surface area contributed by atoms with E-state index in [1.807, 2.05) is 61.5 Å². The van der Waals surface area contributed by atoms with Gasteiger partial charge in [0.2, 0.25) is 5.95 Å². The summed E-state index contributed by atoms with van der Waals surface area (Å²) in [6.45, 7) is 2.34. The van der Waals surface area contributed by atoms with Crippen molar-refractivity contribution in [3.63, 3.8) is 0 Å². The summed E-state index contributed by atoms with van der Waals surface area (Å²) in [5.74, 6) is 1.22. The van der Waals surface area contributed by atoms with E-state index in [1.54, 1.807) is 11.8 Å². The molecule has 1 amide bonds. The van der Waals surface area contributed by atoms with Gasteiger partial charge < -0.3 is 15.4 Å². The Kier molecular flexibility index (Phi) is 4.80. The molecule has 28 heavy (non-hydrogen) atoms.